The van der Waals surface area contributed by atoms with Gasteiger partial charge >= 0.3 is 0 Å². The molecule has 4 heteroatoms. The minimum absolute atomic E-state index is 0.232. The fourth-order valence-electron chi connectivity index (χ4n) is 4.51. The standard InChI is InChI=1S/C21H33NO3/c1-6-25-20-9-14-7-8-22-13-15(12-21(2,3)4)18(23)11-17(22)16(14)10-19(20)24-5/h9-10,15,17-18,23H,6-8,11-13H2,1-5H3/t15-,17-,18-/m1/s1. The second kappa shape index (κ2) is 7.16. The van der Waals surface area contributed by atoms with Crippen LogP contribution in [0, 0.1) is 11.3 Å². The van der Waals surface area contributed by atoms with Crippen molar-refractivity contribution < 1.29 is 14.6 Å². The van der Waals surface area contributed by atoms with Crippen LogP contribution in [0.5, 0.6) is 11.5 Å². The van der Waals surface area contributed by atoms with Crippen molar-refractivity contribution in [3.05, 3.63) is 23.3 Å². The molecule has 1 aromatic rings. The Kier molecular flexibility index (Phi) is 5.31. The lowest BCUT2D eigenvalue weighted by Crippen LogP contribution is -2.48. The summed E-state index contributed by atoms with van der Waals surface area (Å²) in [5.74, 6) is 2.00. The smallest absolute Gasteiger partial charge is 0.161 e. The van der Waals surface area contributed by atoms with E-state index in [1.165, 1.54) is 11.1 Å². The monoisotopic (exact) mass is 347 g/mol. The number of hydrogen-bond donors (Lipinski definition) is 1. The summed E-state index contributed by atoms with van der Waals surface area (Å²) in [6.45, 7) is 11.5. The highest BCUT2D eigenvalue weighted by Crippen LogP contribution is 2.44. The van der Waals surface area contributed by atoms with Crippen molar-refractivity contribution in [2.24, 2.45) is 11.3 Å². The Morgan fingerprint density at radius 1 is 1.24 bits per heavy atom. The molecule has 0 aliphatic carbocycles. The highest BCUT2D eigenvalue weighted by Gasteiger charge is 2.39. The van der Waals surface area contributed by atoms with E-state index in [0.717, 1.165) is 43.9 Å². The lowest BCUT2D eigenvalue weighted by Gasteiger charge is -2.47. The zero-order chi connectivity index (χ0) is 18.2. The highest BCUT2D eigenvalue weighted by atomic mass is 16.5. The first-order chi connectivity index (χ1) is 11.8. The summed E-state index contributed by atoms with van der Waals surface area (Å²) >= 11 is 0. The third-order valence-electron chi connectivity index (χ3n) is 5.55. The molecule has 1 N–H and O–H groups in total. The molecule has 2 heterocycles. The van der Waals surface area contributed by atoms with Crippen molar-refractivity contribution in [1.82, 2.24) is 4.90 Å². The average Bonchev–Trinajstić information content (AvgIpc) is 2.54. The molecule has 1 saturated heterocycles. The zero-order valence-electron chi connectivity index (χ0n) is 16.3. The molecule has 0 aromatic heterocycles. The molecule has 2 aliphatic rings. The average molecular weight is 347 g/mol. The SMILES string of the molecule is CCOc1cc2c(cc1OC)[C@H]1C[C@@H](O)[C@H](CC(C)(C)C)CN1CC2. The first kappa shape index (κ1) is 18.5. The molecule has 0 bridgehead atoms. The number of benzene rings is 1. The first-order valence-corrected chi connectivity index (χ1v) is 9.58. The third kappa shape index (κ3) is 3.95. The van der Waals surface area contributed by atoms with Gasteiger partial charge in [-0.05, 0) is 60.8 Å². The fraction of sp³-hybridized carbons (Fsp3) is 0.714. The number of methoxy groups -OCH3 is 1. The molecule has 0 spiro atoms. The van der Waals surface area contributed by atoms with E-state index in [4.69, 9.17) is 9.47 Å². The second-order valence-corrected chi connectivity index (χ2v) is 8.72. The Morgan fingerprint density at radius 3 is 2.64 bits per heavy atom. The predicted molar refractivity (Wildman–Crippen MR) is 100 cm³/mol. The summed E-state index contributed by atoms with van der Waals surface area (Å²) in [5.41, 5.74) is 2.90. The first-order valence-electron chi connectivity index (χ1n) is 9.58. The van der Waals surface area contributed by atoms with E-state index in [1.54, 1.807) is 7.11 Å². The molecule has 0 radical (unpaired) electrons. The Bertz CT molecular complexity index is 608. The number of aliphatic hydroxyl groups is 1. The second-order valence-electron chi connectivity index (χ2n) is 8.72. The molecule has 1 aromatic carbocycles. The molecule has 140 valence electrons. The van der Waals surface area contributed by atoms with Crippen molar-refractivity contribution in [3.63, 3.8) is 0 Å². The van der Waals surface area contributed by atoms with Crippen LogP contribution in [0.15, 0.2) is 12.1 Å². The summed E-state index contributed by atoms with van der Waals surface area (Å²) in [7, 11) is 1.69. The number of aliphatic hydroxyl groups excluding tert-OH is 1. The van der Waals surface area contributed by atoms with E-state index in [2.05, 4.69) is 37.8 Å². The lowest BCUT2D eigenvalue weighted by atomic mass is 9.75. The van der Waals surface area contributed by atoms with E-state index in [1.807, 2.05) is 6.92 Å². The van der Waals surface area contributed by atoms with Gasteiger partial charge in [-0.2, -0.15) is 0 Å². The molecular formula is C21H33NO3. The molecule has 3 atom stereocenters. The summed E-state index contributed by atoms with van der Waals surface area (Å²) in [5, 5.41) is 10.8. The van der Waals surface area contributed by atoms with E-state index >= 15 is 0 Å². The fourth-order valence-corrected chi connectivity index (χ4v) is 4.51. The molecule has 2 aliphatic heterocycles. The molecule has 1 fully saturated rings. The third-order valence-corrected chi connectivity index (χ3v) is 5.55. The maximum Gasteiger partial charge on any atom is 0.161 e. The summed E-state index contributed by atoms with van der Waals surface area (Å²) in [6, 6.07) is 4.57. The van der Waals surface area contributed by atoms with Crippen LogP contribution in [0.25, 0.3) is 0 Å². The van der Waals surface area contributed by atoms with Gasteiger partial charge in [-0.3, -0.25) is 4.90 Å². The predicted octanol–water partition coefficient (Wildman–Crippen LogP) is 3.81. The summed E-state index contributed by atoms with van der Waals surface area (Å²) in [4.78, 5) is 2.56. The molecule has 3 rings (SSSR count). The number of ether oxygens (including phenoxy) is 2. The van der Waals surface area contributed by atoms with Gasteiger partial charge in [0.05, 0.1) is 19.8 Å². The minimum Gasteiger partial charge on any atom is -0.493 e. The van der Waals surface area contributed by atoms with Gasteiger partial charge in [0.1, 0.15) is 0 Å². The zero-order valence-corrected chi connectivity index (χ0v) is 16.3. The summed E-state index contributed by atoms with van der Waals surface area (Å²) < 4.78 is 11.3. The van der Waals surface area contributed by atoms with Gasteiger partial charge in [-0.15, -0.1) is 0 Å². The van der Waals surface area contributed by atoms with Crippen LogP contribution in [-0.4, -0.2) is 42.9 Å². The van der Waals surface area contributed by atoms with Crippen LogP contribution in [0.4, 0.5) is 0 Å². The van der Waals surface area contributed by atoms with Crippen LogP contribution in [-0.2, 0) is 6.42 Å². The molecule has 25 heavy (non-hydrogen) atoms. The molecule has 4 nitrogen and oxygen atoms in total. The number of nitrogens with zero attached hydrogens (tertiary/aromatic N) is 1. The molecule has 0 amide bonds. The largest absolute Gasteiger partial charge is 0.493 e. The maximum atomic E-state index is 10.8. The van der Waals surface area contributed by atoms with Crippen LogP contribution in [0.1, 0.15) is 57.7 Å². The van der Waals surface area contributed by atoms with Crippen LogP contribution < -0.4 is 9.47 Å². The van der Waals surface area contributed by atoms with Crippen LogP contribution in [0.3, 0.4) is 0 Å². The minimum atomic E-state index is -0.232. The number of fused-ring (bicyclic) bond motifs is 3. The topological polar surface area (TPSA) is 41.9 Å². The quantitative estimate of drug-likeness (QED) is 0.899. The van der Waals surface area contributed by atoms with Crippen LogP contribution in [0.2, 0.25) is 0 Å². The van der Waals surface area contributed by atoms with Gasteiger partial charge < -0.3 is 14.6 Å². The van der Waals surface area contributed by atoms with Gasteiger partial charge in [0.2, 0.25) is 0 Å². The van der Waals surface area contributed by atoms with Gasteiger partial charge in [-0.1, -0.05) is 20.8 Å². The van der Waals surface area contributed by atoms with Crippen molar-refractivity contribution in [2.75, 3.05) is 26.8 Å². The molecular weight excluding hydrogens is 314 g/mol. The van der Waals surface area contributed by atoms with E-state index in [0.29, 0.717) is 18.6 Å². The lowest BCUT2D eigenvalue weighted by molar-refractivity contribution is -0.0259. The number of hydrogen-bond acceptors (Lipinski definition) is 4. The Balaban J connectivity index is 1.85. The Labute approximate surface area is 152 Å². The Morgan fingerprint density at radius 2 is 2.00 bits per heavy atom. The van der Waals surface area contributed by atoms with Gasteiger partial charge in [0.25, 0.3) is 0 Å². The summed E-state index contributed by atoms with van der Waals surface area (Å²) in [6.07, 6.45) is 2.68. The van der Waals surface area contributed by atoms with E-state index in [9.17, 15) is 5.11 Å². The van der Waals surface area contributed by atoms with Gasteiger partial charge in [0.15, 0.2) is 11.5 Å². The van der Waals surface area contributed by atoms with E-state index < -0.39 is 0 Å². The highest BCUT2D eigenvalue weighted by molar-refractivity contribution is 5.49. The van der Waals surface area contributed by atoms with Gasteiger partial charge in [-0.25, -0.2) is 0 Å². The molecule has 0 unspecified atom stereocenters. The molecule has 0 saturated carbocycles. The van der Waals surface area contributed by atoms with Crippen molar-refractivity contribution in [1.29, 1.82) is 0 Å². The van der Waals surface area contributed by atoms with Gasteiger partial charge in [0, 0.05) is 19.1 Å². The maximum absolute atomic E-state index is 10.8. The Hall–Kier alpha value is -1.26. The normalized spacial score (nSPS) is 26.7. The van der Waals surface area contributed by atoms with Crippen molar-refractivity contribution in [2.45, 2.75) is 59.1 Å². The van der Waals surface area contributed by atoms with Crippen LogP contribution >= 0.6 is 0 Å². The van der Waals surface area contributed by atoms with Crippen molar-refractivity contribution in [3.8, 4) is 11.5 Å². The number of piperidine rings is 1. The number of rotatable bonds is 4. The van der Waals surface area contributed by atoms with Crippen molar-refractivity contribution >= 4 is 0 Å². The van der Waals surface area contributed by atoms with E-state index in [-0.39, 0.29) is 11.5 Å².